The average Bonchev–Trinajstić information content (AvgIpc) is 2.79. The van der Waals surface area contributed by atoms with Crippen LogP contribution in [-0.4, -0.2) is 20.5 Å². The third-order valence-corrected chi connectivity index (χ3v) is 12.4. The highest BCUT2D eigenvalue weighted by Gasteiger charge is 2.40. The van der Waals surface area contributed by atoms with Crippen LogP contribution in [0.1, 0.15) is 130 Å². The van der Waals surface area contributed by atoms with Gasteiger partial charge < -0.3 is 9.74 Å². The molecule has 1 aromatic rings. The van der Waals surface area contributed by atoms with E-state index in [0.29, 0.717) is 12.1 Å². The molecule has 0 radical (unpaired) electrons. The van der Waals surface area contributed by atoms with Gasteiger partial charge in [0, 0.05) is 12.6 Å². The Labute approximate surface area is 215 Å². The van der Waals surface area contributed by atoms with Gasteiger partial charge in [0.15, 0.2) is 8.32 Å². The molecular formula is C31H59NOSi. The summed E-state index contributed by atoms with van der Waals surface area (Å²) in [6, 6.07) is 11.1. The summed E-state index contributed by atoms with van der Waals surface area (Å²) in [7, 11) is -1.78. The maximum atomic E-state index is 6.94. The predicted molar refractivity (Wildman–Crippen MR) is 155 cm³/mol. The first-order chi connectivity index (χ1) is 16.2. The van der Waals surface area contributed by atoms with E-state index < -0.39 is 8.32 Å². The molecule has 0 saturated heterocycles. The molecule has 0 spiro atoms. The third kappa shape index (κ3) is 14.0. The lowest BCUT2D eigenvalue weighted by atomic mass is 10.0. The van der Waals surface area contributed by atoms with Gasteiger partial charge in [-0.1, -0.05) is 141 Å². The van der Waals surface area contributed by atoms with E-state index >= 15 is 0 Å². The molecule has 1 N–H and O–H groups in total. The molecular weight excluding hydrogens is 430 g/mol. The quantitative estimate of drug-likeness (QED) is 0.145. The Balaban J connectivity index is 2.33. The third-order valence-electron chi connectivity index (χ3n) is 7.87. The summed E-state index contributed by atoms with van der Waals surface area (Å²) in [6.07, 6.45) is 19.8. The van der Waals surface area contributed by atoms with Crippen molar-refractivity contribution in [3.8, 4) is 0 Å². The number of hydrogen-bond donors (Lipinski definition) is 1. The van der Waals surface area contributed by atoms with Crippen LogP contribution in [-0.2, 0) is 11.0 Å². The van der Waals surface area contributed by atoms with Gasteiger partial charge in [-0.25, -0.2) is 0 Å². The van der Waals surface area contributed by atoms with Gasteiger partial charge in [-0.2, -0.15) is 0 Å². The van der Waals surface area contributed by atoms with E-state index in [1.54, 1.807) is 0 Å². The Bertz CT molecular complexity index is 595. The summed E-state index contributed by atoms with van der Waals surface area (Å²) < 4.78 is 6.94. The van der Waals surface area contributed by atoms with Crippen LogP contribution in [0.5, 0.6) is 0 Å². The topological polar surface area (TPSA) is 21.3 Å². The van der Waals surface area contributed by atoms with Crippen LogP contribution in [0.25, 0.3) is 0 Å². The second-order valence-electron chi connectivity index (χ2n) is 12.1. The molecule has 0 aromatic heterocycles. The molecule has 0 fully saturated rings. The number of rotatable bonds is 20. The van der Waals surface area contributed by atoms with Crippen molar-refractivity contribution in [3.63, 3.8) is 0 Å². The number of nitrogens with one attached hydrogen (secondary N) is 1. The maximum Gasteiger partial charge on any atom is 0.192 e. The Hall–Kier alpha value is -0.643. The second kappa shape index (κ2) is 17.7. The van der Waals surface area contributed by atoms with E-state index in [2.05, 4.69) is 83.4 Å². The number of hydrogen-bond acceptors (Lipinski definition) is 2. The molecule has 198 valence electrons. The predicted octanol–water partition coefficient (Wildman–Crippen LogP) is 10.0. The van der Waals surface area contributed by atoms with Gasteiger partial charge in [0.05, 0.1) is 6.10 Å². The minimum Gasteiger partial charge on any atom is -0.412 e. The molecule has 0 aliphatic heterocycles. The molecule has 2 atom stereocenters. The van der Waals surface area contributed by atoms with Crippen LogP contribution in [0.15, 0.2) is 30.3 Å². The standard InChI is InChI=1S/C31H59NOSi/c1-8-9-10-11-12-13-14-15-16-17-18-19-23-26-30(33-34(6,7)31(3,4)5)28(2)32-27-29-24-21-20-22-25-29/h20-22,24-25,28,30,32H,8-19,23,26-27H2,1-7H3/t28-,30-/m0/s1. The average molecular weight is 490 g/mol. The Morgan fingerprint density at radius 1 is 0.765 bits per heavy atom. The van der Waals surface area contributed by atoms with Gasteiger partial charge in [-0.3, -0.25) is 0 Å². The van der Waals surface area contributed by atoms with Crippen molar-refractivity contribution in [2.75, 3.05) is 0 Å². The molecule has 0 aliphatic rings. The zero-order chi connectivity index (χ0) is 25.3. The molecule has 0 saturated carbocycles. The minimum absolute atomic E-state index is 0.250. The van der Waals surface area contributed by atoms with Crippen LogP contribution in [0.2, 0.25) is 18.1 Å². The van der Waals surface area contributed by atoms with Crippen molar-refractivity contribution in [3.05, 3.63) is 35.9 Å². The van der Waals surface area contributed by atoms with Gasteiger partial charge in [-0.15, -0.1) is 0 Å². The molecule has 0 amide bonds. The van der Waals surface area contributed by atoms with E-state index in [1.165, 1.54) is 95.5 Å². The maximum absolute atomic E-state index is 6.94. The van der Waals surface area contributed by atoms with Crippen molar-refractivity contribution in [2.45, 2.75) is 161 Å². The Kier molecular flexibility index (Phi) is 16.4. The summed E-state index contributed by atoms with van der Waals surface area (Å²) >= 11 is 0. The highest BCUT2D eigenvalue weighted by molar-refractivity contribution is 6.74. The number of benzene rings is 1. The van der Waals surface area contributed by atoms with Crippen LogP contribution in [0, 0.1) is 0 Å². The van der Waals surface area contributed by atoms with Gasteiger partial charge in [-0.05, 0) is 37.0 Å². The zero-order valence-corrected chi connectivity index (χ0v) is 25.1. The first kappa shape index (κ1) is 31.4. The largest absolute Gasteiger partial charge is 0.412 e. The van der Waals surface area contributed by atoms with Crippen LogP contribution < -0.4 is 5.32 Å². The fraction of sp³-hybridized carbons (Fsp3) is 0.806. The fourth-order valence-corrected chi connectivity index (χ4v) is 5.77. The Morgan fingerprint density at radius 3 is 1.71 bits per heavy atom. The molecule has 1 aromatic carbocycles. The first-order valence-corrected chi connectivity index (χ1v) is 17.5. The van der Waals surface area contributed by atoms with E-state index in [1.807, 2.05) is 0 Å². The lowest BCUT2D eigenvalue weighted by Gasteiger charge is -2.41. The van der Waals surface area contributed by atoms with Gasteiger partial charge in [0.1, 0.15) is 0 Å². The van der Waals surface area contributed by atoms with Gasteiger partial charge in [0.2, 0.25) is 0 Å². The molecule has 0 bridgehead atoms. The van der Waals surface area contributed by atoms with Crippen LogP contribution in [0.3, 0.4) is 0 Å². The molecule has 3 heteroatoms. The lowest BCUT2D eigenvalue weighted by molar-refractivity contribution is 0.129. The van der Waals surface area contributed by atoms with Crippen LogP contribution in [0.4, 0.5) is 0 Å². The number of unbranched alkanes of at least 4 members (excludes halogenated alkanes) is 12. The summed E-state index contributed by atoms with van der Waals surface area (Å²) in [5.41, 5.74) is 1.35. The van der Waals surface area contributed by atoms with E-state index in [0.717, 1.165) is 6.54 Å². The van der Waals surface area contributed by atoms with E-state index in [-0.39, 0.29) is 5.04 Å². The molecule has 2 nitrogen and oxygen atoms in total. The fourth-order valence-electron chi connectivity index (χ4n) is 4.34. The summed E-state index contributed by atoms with van der Waals surface area (Å²) in [6.45, 7) is 17.4. The molecule has 0 heterocycles. The van der Waals surface area contributed by atoms with Crippen molar-refractivity contribution in [1.29, 1.82) is 0 Å². The second-order valence-corrected chi connectivity index (χ2v) is 16.9. The van der Waals surface area contributed by atoms with E-state index in [9.17, 15) is 0 Å². The summed E-state index contributed by atoms with van der Waals surface area (Å²) in [5.74, 6) is 0. The molecule has 0 unspecified atom stereocenters. The van der Waals surface area contributed by atoms with E-state index in [4.69, 9.17) is 4.43 Å². The lowest BCUT2D eigenvalue weighted by Crippen LogP contribution is -2.49. The van der Waals surface area contributed by atoms with Crippen molar-refractivity contribution < 1.29 is 4.43 Å². The highest BCUT2D eigenvalue weighted by Crippen LogP contribution is 2.38. The summed E-state index contributed by atoms with van der Waals surface area (Å²) in [4.78, 5) is 0. The smallest absolute Gasteiger partial charge is 0.192 e. The SMILES string of the molecule is CCCCCCCCCCCCCCC[C@H](O[Si](C)(C)C(C)(C)C)[C@H](C)NCc1ccccc1. The van der Waals surface area contributed by atoms with Crippen molar-refractivity contribution in [1.82, 2.24) is 5.32 Å². The first-order valence-electron chi connectivity index (χ1n) is 14.6. The zero-order valence-electron chi connectivity index (χ0n) is 24.1. The summed E-state index contributed by atoms with van der Waals surface area (Å²) in [5, 5.41) is 4.02. The van der Waals surface area contributed by atoms with Gasteiger partial charge >= 0.3 is 0 Å². The molecule has 34 heavy (non-hydrogen) atoms. The minimum atomic E-state index is -1.78. The van der Waals surface area contributed by atoms with Crippen molar-refractivity contribution in [2.24, 2.45) is 0 Å². The van der Waals surface area contributed by atoms with Crippen molar-refractivity contribution >= 4 is 8.32 Å². The highest BCUT2D eigenvalue weighted by atomic mass is 28.4. The van der Waals surface area contributed by atoms with Gasteiger partial charge in [0.25, 0.3) is 0 Å². The normalized spacial score (nSPS) is 14.3. The van der Waals surface area contributed by atoms with Crippen LogP contribution >= 0.6 is 0 Å². The molecule has 0 aliphatic carbocycles. The molecule has 1 rings (SSSR count). The Morgan fingerprint density at radius 2 is 1.24 bits per heavy atom. The monoisotopic (exact) mass is 489 g/mol.